The van der Waals surface area contributed by atoms with E-state index in [0.29, 0.717) is 0 Å². The molecular weight excluding hydrogens is 252 g/mol. The van der Waals surface area contributed by atoms with Crippen molar-refractivity contribution < 1.29 is 5.11 Å². The van der Waals surface area contributed by atoms with Crippen LogP contribution in [0.2, 0.25) is 0 Å². The van der Waals surface area contributed by atoms with Crippen molar-refractivity contribution in [1.82, 2.24) is 10.3 Å². The molecule has 2 aromatic heterocycles. The van der Waals surface area contributed by atoms with Gasteiger partial charge in [-0.05, 0) is 31.3 Å². The Labute approximate surface area is 109 Å². The van der Waals surface area contributed by atoms with E-state index in [4.69, 9.17) is 5.11 Å². The molecule has 0 saturated heterocycles. The van der Waals surface area contributed by atoms with Crippen molar-refractivity contribution in [1.29, 1.82) is 0 Å². The molecule has 2 aromatic rings. The third kappa shape index (κ3) is 3.89. The summed E-state index contributed by atoms with van der Waals surface area (Å²) in [5, 5.41) is 17.7. The highest BCUT2D eigenvalue weighted by Crippen LogP contribution is 2.26. The normalized spacial score (nSPS) is 12.8. The minimum atomic E-state index is -0.231. The quantitative estimate of drug-likeness (QED) is 0.792. The molecule has 17 heavy (non-hydrogen) atoms. The maximum absolute atomic E-state index is 9.13. The van der Waals surface area contributed by atoms with Crippen LogP contribution in [0.3, 0.4) is 0 Å². The Morgan fingerprint density at radius 1 is 1.53 bits per heavy atom. The average molecular weight is 268 g/mol. The van der Waals surface area contributed by atoms with E-state index in [1.165, 1.54) is 10.4 Å². The Hall–Kier alpha value is -0.750. The lowest BCUT2D eigenvalue weighted by atomic mass is 10.3. The van der Waals surface area contributed by atoms with Crippen LogP contribution in [0.1, 0.15) is 18.2 Å². The summed E-state index contributed by atoms with van der Waals surface area (Å²) >= 11 is 3.41. The van der Waals surface area contributed by atoms with Gasteiger partial charge in [0.15, 0.2) is 0 Å². The van der Waals surface area contributed by atoms with Crippen LogP contribution in [0.15, 0.2) is 23.0 Å². The third-order valence-corrected chi connectivity index (χ3v) is 4.09. The molecule has 0 aromatic carbocycles. The largest absolute Gasteiger partial charge is 0.393 e. The number of hydrogen-bond donors (Lipinski definition) is 2. The smallest absolute Gasteiger partial charge is 0.124 e. The lowest BCUT2D eigenvalue weighted by molar-refractivity contribution is 0.183. The van der Waals surface area contributed by atoms with Crippen molar-refractivity contribution in [3.8, 4) is 10.6 Å². The van der Waals surface area contributed by atoms with Gasteiger partial charge in [-0.2, -0.15) is 11.3 Å². The standard InChI is InChI=1S/C12H16N2OS2/c1-9(15)2-4-13-6-11-7-14-12(17-11)10-3-5-16-8-10/h3,5,7-9,13,15H,2,4,6H2,1H3. The predicted molar refractivity (Wildman–Crippen MR) is 73.4 cm³/mol. The van der Waals surface area contributed by atoms with Crippen molar-refractivity contribution in [3.63, 3.8) is 0 Å². The molecule has 0 fully saturated rings. The van der Waals surface area contributed by atoms with Crippen LogP contribution in [0, 0.1) is 0 Å². The molecule has 0 aliphatic carbocycles. The molecule has 0 bridgehead atoms. The summed E-state index contributed by atoms with van der Waals surface area (Å²) in [7, 11) is 0. The van der Waals surface area contributed by atoms with E-state index < -0.39 is 0 Å². The number of thiazole rings is 1. The second kappa shape index (κ2) is 6.26. The molecule has 0 spiro atoms. The average Bonchev–Trinajstić information content (AvgIpc) is 2.94. The molecule has 92 valence electrons. The Bertz CT molecular complexity index is 437. The van der Waals surface area contributed by atoms with Crippen molar-refractivity contribution >= 4 is 22.7 Å². The van der Waals surface area contributed by atoms with Crippen molar-refractivity contribution in [2.75, 3.05) is 6.54 Å². The highest BCUT2D eigenvalue weighted by Gasteiger charge is 2.04. The number of thiophene rings is 1. The van der Waals surface area contributed by atoms with Crippen LogP contribution in [0.4, 0.5) is 0 Å². The third-order valence-electron chi connectivity index (χ3n) is 2.36. The first kappa shape index (κ1) is 12.7. The van der Waals surface area contributed by atoms with E-state index in [1.807, 2.05) is 13.1 Å². The van der Waals surface area contributed by atoms with Crippen LogP contribution in [-0.4, -0.2) is 22.7 Å². The molecule has 0 amide bonds. The molecule has 0 aliphatic heterocycles. The fourth-order valence-electron chi connectivity index (χ4n) is 1.43. The molecule has 0 radical (unpaired) electrons. The van der Waals surface area contributed by atoms with E-state index in [-0.39, 0.29) is 6.10 Å². The first-order chi connectivity index (χ1) is 8.25. The molecule has 3 nitrogen and oxygen atoms in total. The van der Waals surface area contributed by atoms with Gasteiger partial charge < -0.3 is 10.4 Å². The number of aliphatic hydroxyl groups excluding tert-OH is 1. The van der Waals surface area contributed by atoms with Gasteiger partial charge in [0, 0.05) is 28.6 Å². The lowest BCUT2D eigenvalue weighted by Crippen LogP contribution is -2.17. The Morgan fingerprint density at radius 3 is 3.12 bits per heavy atom. The number of hydrogen-bond acceptors (Lipinski definition) is 5. The fraction of sp³-hybridized carbons (Fsp3) is 0.417. The van der Waals surface area contributed by atoms with Gasteiger partial charge >= 0.3 is 0 Å². The summed E-state index contributed by atoms with van der Waals surface area (Å²) in [6.45, 7) is 3.47. The topological polar surface area (TPSA) is 45.1 Å². The zero-order valence-corrected chi connectivity index (χ0v) is 11.4. The van der Waals surface area contributed by atoms with E-state index in [1.54, 1.807) is 22.7 Å². The molecule has 1 atom stereocenters. The summed E-state index contributed by atoms with van der Waals surface area (Å²) in [6, 6.07) is 2.09. The van der Waals surface area contributed by atoms with Crippen LogP contribution in [-0.2, 0) is 6.54 Å². The van der Waals surface area contributed by atoms with Crippen LogP contribution in [0.25, 0.3) is 10.6 Å². The first-order valence-electron chi connectivity index (χ1n) is 5.62. The van der Waals surface area contributed by atoms with Gasteiger partial charge in [0.1, 0.15) is 5.01 Å². The van der Waals surface area contributed by atoms with Gasteiger partial charge in [-0.25, -0.2) is 4.98 Å². The maximum Gasteiger partial charge on any atom is 0.124 e. The summed E-state index contributed by atoms with van der Waals surface area (Å²) in [4.78, 5) is 5.64. The molecule has 0 saturated carbocycles. The molecule has 0 aliphatic rings. The molecule has 2 rings (SSSR count). The van der Waals surface area contributed by atoms with E-state index in [9.17, 15) is 0 Å². The van der Waals surface area contributed by atoms with Gasteiger partial charge in [-0.15, -0.1) is 11.3 Å². The minimum absolute atomic E-state index is 0.231. The zero-order chi connectivity index (χ0) is 12.1. The van der Waals surface area contributed by atoms with Crippen molar-refractivity contribution in [2.24, 2.45) is 0 Å². The molecule has 2 N–H and O–H groups in total. The first-order valence-corrected chi connectivity index (χ1v) is 7.37. The van der Waals surface area contributed by atoms with E-state index >= 15 is 0 Å². The summed E-state index contributed by atoms with van der Waals surface area (Å²) in [5.74, 6) is 0. The van der Waals surface area contributed by atoms with Gasteiger partial charge in [-0.3, -0.25) is 0 Å². The zero-order valence-electron chi connectivity index (χ0n) is 9.72. The Kier molecular flexibility index (Phi) is 4.67. The molecular formula is C12H16N2OS2. The predicted octanol–water partition coefficient (Wildman–Crippen LogP) is 2.73. The lowest BCUT2D eigenvalue weighted by Gasteiger charge is -2.04. The minimum Gasteiger partial charge on any atom is -0.393 e. The highest BCUT2D eigenvalue weighted by atomic mass is 32.1. The molecule has 5 heteroatoms. The maximum atomic E-state index is 9.13. The van der Waals surface area contributed by atoms with Gasteiger partial charge in [0.2, 0.25) is 0 Å². The van der Waals surface area contributed by atoms with Crippen LogP contribution >= 0.6 is 22.7 Å². The Morgan fingerprint density at radius 2 is 2.41 bits per heavy atom. The Balaban J connectivity index is 1.83. The number of aliphatic hydroxyl groups is 1. The van der Waals surface area contributed by atoms with Crippen molar-refractivity contribution in [2.45, 2.75) is 26.0 Å². The van der Waals surface area contributed by atoms with E-state index in [0.717, 1.165) is 24.5 Å². The highest BCUT2D eigenvalue weighted by molar-refractivity contribution is 7.15. The van der Waals surface area contributed by atoms with Crippen molar-refractivity contribution in [3.05, 3.63) is 27.9 Å². The number of rotatable bonds is 6. The second-order valence-electron chi connectivity index (χ2n) is 3.96. The number of aromatic nitrogens is 1. The van der Waals surface area contributed by atoms with Gasteiger partial charge in [0.05, 0.1) is 6.10 Å². The number of nitrogens with one attached hydrogen (secondary N) is 1. The summed E-state index contributed by atoms with van der Waals surface area (Å²) in [6.07, 6.45) is 2.48. The SMILES string of the molecule is CC(O)CCNCc1cnc(-c2ccsc2)s1. The summed E-state index contributed by atoms with van der Waals surface area (Å²) < 4.78 is 0. The molecule has 1 unspecified atom stereocenters. The van der Waals surface area contributed by atoms with Gasteiger partial charge in [-0.1, -0.05) is 0 Å². The van der Waals surface area contributed by atoms with Gasteiger partial charge in [0.25, 0.3) is 0 Å². The number of nitrogens with zero attached hydrogens (tertiary/aromatic N) is 1. The van der Waals surface area contributed by atoms with Crippen LogP contribution in [0.5, 0.6) is 0 Å². The van der Waals surface area contributed by atoms with E-state index in [2.05, 4.69) is 27.1 Å². The second-order valence-corrected chi connectivity index (χ2v) is 5.85. The van der Waals surface area contributed by atoms with Crippen LogP contribution < -0.4 is 5.32 Å². The molecule has 2 heterocycles. The fourth-order valence-corrected chi connectivity index (χ4v) is 3.02. The summed E-state index contributed by atoms with van der Waals surface area (Å²) in [5.41, 5.74) is 1.20. The monoisotopic (exact) mass is 268 g/mol.